The molecule has 0 atom stereocenters. The molecule has 3 amide bonds. The van der Waals surface area contributed by atoms with E-state index in [0.29, 0.717) is 0 Å². The van der Waals surface area contributed by atoms with Crippen LogP contribution in [-0.4, -0.2) is 39.0 Å². The second-order valence-electron chi connectivity index (χ2n) is 5.97. The van der Waals surface area contributed by atoms with Crippen LogP contribution in [0.3, 0.4) is 0 Å². The van der Waals surface area contributed by atoms with Gasteiger partial charge in [-0.15, -0.1) is 0 Å². The van der Waals surface area contributed by atoms with E-state index in [4.69, 9.17) is 11.6 Å². The van der Waals surface area contributed by atoms with E-state index in [0.717, 1.165) is 23.1 Å². The second kappa shape index (κ2) is 7.64. The normalized spacial score (nSPS) is 12.7. The van der Waals surface area contributed by atoms with E-state index < -0.39 is 27.6 Å². The van der Waals surface area contributed by atoms with Gasteiger partial charge in [0.15, 0.2) is 0 Å². The van der Waals surface area contributed by atoms with Gasteiger partial charge in [-0.1, -0.05) is 11.6 Å². The van der Waals surface area contributed by atoms with Crippen LogP contribution in [0.4, 0.5) is 17.1 Å². The van der Waals surface area contributed by atoms with Crippen LogP contribution in [0.25, 0.3) is 0 Å². The first kappa shape index (κ1) is 19.9. The molecule has 0 saturated heterocycles. The predicted molar refractivity (Wildman–Crippen MR) is 99.8 cm³/mol. The van der Waals surface area contributed by atoms with Crippen molar-refractivity contribution in [1.29, 1.82) is 0 Å². The number of anilines is 1. The summed E-state index contributed by atoms with van der Waals surface area (Å²) in [6.07, 6.45) is -0.299. The lowest BCUT2D eigenvalue weighted by molar-refractivity contribution is -0.385. The SMILES string of the molecule is O=C(CCN1C(=O)c2ccc([N+](=O)[O-])cc2C1=O)Nc1cc([N+](=O)[O-])ccc1Cl. The maximum atomic E-state index is 12.4. The Labute approximate surface area is 167 Å². The number of amides is 3. The maximum Gasteiger partial charge on any atom is 0.271 e. The number of non-ortho nitro benzene ring substituents is 2. The van der Waals surface area contributed by atoms with Gasteiger partial charge >= 0.3 is 0 Å². The highest BCUT2D eigenvalue weighted by atomic mass is 35.5. The molecule has 0 radical (unpaired) electrons. The Balaban J connectivity index is 1.69. The van der Waals surface area contributed by atoms with Crippen LogP contribution in [0.5, 0.6) is 0 Å². The van der Waals surface area contributed by atoms with E-state index in [-0.39, 0.29) is 46.2 Å². The van der Waals surface area contributed by atoms with Gasteiger partial charge in [-0.05, 0) is 12.1 Å². The fourth-order valence-corrected chi connectivity index (χ4v) is 2.91. The van der Waals surface area contributed by atoms with Gasteiger partial charge in [-0.2, -0.15) is 0 Å². The van der Waals surface area contributed by atoms with Crippen LogP contribution in [0.1, 0.15) is 27.1 Å². The van der Waals surface area contributed by atoms with E-state index in [2.05, 4.69) is 5.32 Å². The number of carbonyl (C=O) groups is 3. The quantitative estimate of drug-likeness (QED) is 0.429. The van der Waals surface area contributed by atoms with Crippen LogP contribution in [-0.2, 0) is 4.79 Å². The Morgan fingerprint density at radius 1 is 0.966 bits per heavy atom. The molecule has 0 aromatic heterocycles. The minimum Gasteiger partial charge on any atom is -0.325 e. The van der Waals surface area contributed by atoms with E-state index in [9.17, 15) is 34.6 Å². The standard InChI is InChI=1S/C17H11ClN4O7/c18-13-4-2-10(22(28)29)8-14(13)19-15(23)5-6-20-16(24)11-3-1-9(21(26)27)7-12(11)17(20)25/h1-4,7-8H,5-6H2,(H,19,23). The zero-order valence-electron chi connectivity index (χ0n) is 14.5. The summed E-state index contributed by atoms with van der Waals surface area (Å²) in [4.78, 5) is 58.0. The molecule has 2 aromatic carbocycles. The molecular weight excluding hydrogens is 408 g/mol. The molecule has 1 aliphatic heterocycles. The van der Waals surface area contributed by atoms with Gasteiger partial charge < -0.3 is 5.32 Å². The van der Waals surface area contributed by atoms with Gasteiger partial charge in [0.1, 0.15) is 0 Å². The molecule has 0 spiro atoms. The fraction of sp³-hybridized carbons (Fsp3) is 0.118. The number of nitro benzene ring substituents is 2. The van der Waals surface area contributed by atoms with Crippen molar-refractivity contribution in [3.8, 4) is 0 Å². The number of hydrogen-bond donors (Lipinski definition) is 1. The molecule has 2 aromatic rings. The number of imide groups is 1. The first-order valence-electron chi connectivity index (χ1n) is 8.07. The summed E-state index contributed by atoms with van der Waals surface area (Å²) in [5.74, 6) is -2.04. The van der Waals surface area contributed by atoms with Gasteiger partial charge in [-0.3, -0.25) is 39.5 Å². The van der Waals surface area contributed by atoms with Crippen molar-refractivity contribution in [3.05, 3.63) is 72.8 Å². The monoisotopic (exact) mass is 418 g/mol. The first-order chi connectivity index (χ1) is 13.7. The molecule has 0 fully saturated rings. The summed E-state index contributed by atoms with van der Waals surface area (Å²) in [5, 5.41) is 24.1. The molecule has 29 heavy (non-hydrogen) atoms. The summed E-state index contributed by atoms with van der Waals surface area (Å²) in [7, 11) is 0. The van der Waals surface area contributed by atoms with Crippen molar-refractivity contribution < 1.29 is 24.2 Å². The number of nitrogens with zero attached hydrogens (tertiary/aromatic N) is 3. The molecule has 0 unspecified atom stereocenters. The highest BCUT2D eigenvalue weighted by Gasteiger charge is 2.36. The first-order valence-corrected chi connectivity index (χ1v) is 8.45. The van der Waals surface area contributed by atoms with Crippen molar-refractivity contribution in [1.82, 2.24) is 4.90 Å². The van der Waals surface area contributed by atoms with Crippen LogP contribution in [0, 0.1) is 20.2 Å². The summed E-state index contributed by atoms with van der Waals surface area (Å²) in [5.41, 5.74) is -0.672. The van der Waals surface area contributed by atoms with Gasteiger partial charge in [0.25, 0.3) is 23.2 Å². The highest BCUT2D eigenvalue weighted by molar-refractivity contribution is 6.33. The summed E-state index contributed by atoms with van der Waals surface area (Å²) < 4.78 is 0. The molecule has 0 saturated carbocycles. The smallest absolute Gasteiger partial charge is 0.271 e. The van der Waals surface area contributed by atoms with Crippen molar-refractivity contribution in [2.75, 3.05) is 11.9 Å². The Morgan fingerprint density at radius 3 is 2.21 bits per heavy atom. The topological polar surface area (TPSA) is 153 Å². The van der Waals surface area contributed by atoms with Crippen molar-refractivity contribution in [2.45, 2.75) is 6.42 Å². The lowest BCUT2D eigenvalue weighted by Gasteiger charge is -2.13. The summed E-state index contributed by atoms with van der Waals surface area (Å²) >= 11 is 5.91. The number of benzene rings is 2. The molecular formula is C17H11ClN4O7. The average molecular weight is 419 g/mol. The number of halogens is 1. The molecule has 1 N–H and O–H groups in total. The number of hydrogen-bond acceptors (Lipinski definition) is 7. The van der Waals surface area contributed by atoms with Crippen LogP contribution < -0.4 is 5.32 Å². The number of rotatable bonds is 6. The number of nitro groups is 2. The number of carbonyl (C=O) groups excluding carboxylic acids is 3. The van der Waals surface area contributed by atoms with E-state index in [1.165, 1.54) is 18.2 Å². The van der Waals surface area contributed by atoms with Crippen molar-refractivity contribution in [2.24, 2.45) is 0 Å². The third-order valence-corrected chi connectivity index (χ3v) is 4.49. The summed E-state index contributed by atoms with van der Waals surface area (Å²) in [6, 6.07) is 6.84. The van der Waals surface area contributed by atoms with Crippen LogP contribution in [0.2, 0.25) is 5.02 Å². The van der Waals surface area contributed by atoms with Crippen molar-refractivity contribution >= 4 is 46.4 Å². The molecule has 148 valence electrons. The number of fused-ring (bicyclic) bond motifs is 1. The van der Waals surface area contributed by atoms with Crippen LogP contribution in [0.15, 0.2) is 36.4 Å². The molecule has 12 heteroatoms. The van der Waals surface area contributed by atoms with Crippen LogP contribution >= 0.6 is 11.6 Å². The molecule has 3 rings (SSSR count). The lowest BCUT2D eigenvalue weighted by atomic mass is 10.1. The minimum absolute atomic E-state index is 0.0164. The molecule has 1 heterocycles. The third kappa shape index (κ3) is 3.89. The van der Waals surface area contributed by atoms with Gasteiger partial charge in [-0.25, -0.2) is 0 Å². The Bertz CT molecular complexity index is 1090. The Kier molecular flexibility index (Phi) is 5.24. The zero-order valence-corrected chi connectivity index (χ0v) is 15.2. The average Bonchev–Trinajstić information content (AvgIpc) is 2.91. The van der Waals surface area contributed by atoms with Gasteiger partial charge in [0, 0.05) is 37.2 Å². The molecule has 1 aliphatic rings. The fourth-order valence-electron chi connectivity index (χ4n) is 2.74. The van der Waals surface area contributed by atoms with Gasteiger partial charge in [0.05, 0.1) is 31.7 Å². The second-order valence-corrected chi connectivity index (χ2v) is 6.38. The predicted octanol–water partition coefficient (Wildman–Crippen LogP) is 2.78. The zero-order chi connectivity index (χ0) is 21.3. The molecule has 0 bridgehead atoms. The Morgan fingerprint density at radius 2 is 1.55 bits per heavy atom. The maximum absolute atomic E-state index is 12.4. The van der Waals surface area contributed by atoms with E-state index in [1.807, 2.05) is 0 Å². The van der Waals surface area contributed by atoms with Crippen molar-refractivity contribution in [3.63, 3.8) is 0 Å². The van der Waals surface area contributed by atoms with E-state index >= 15 is 0 Å². The Hall–Kier alpha value is -3.86. The lowest BCUT2D eigenvalue weighted by Crippen LogP contribution is -2.32. The largest absolute Gasteiger partial charge is 0.325 e. The van der Waals surface area contributed by atoms with Gasteiger partial charge in [0.2, 0.25) is 5.91 Å². The summed E-state index contributed by atoms with van der Waals surface area (Å²) in [6.45, 7) is -0.279. The molecule has 0 aliphatic carbocycles. The molecule has 11 nitrogen and oxygen atoms in total. The minimum atomic E-state index is -0.741. The van der Waals surface area contributed by atoms with E-state index in [1.54, 1.807) is 0 Å². The highest BCUT2D eigenvalue weighted by Crippen LogP contribution is 2.28. The number of nitrogens with one attached hydrogen (secondary N) is 1. The third-order valence-electron chi connectivity index (χ3n) is 4.16.